The first-order chi connectivity index (χ1) is 9.92. The third kappa shape index (κ3) is 3.39. The number of aromatic nitrogens is 1. The molecule has 2 rings (SSSR count). The first kappa shape index (κ1) is 15.4. The zero-order chi connectivity index (χ0) is 15.6. The Balaban J connectivity index is 2.12. The Labute approximate surface area is 127 Å². The summed E-state index contributed by atoms with van der Waals surface area (Å²) in [6.07, 6.45) is 0. The second kappa shape index (κ2) is 6.22. The van der Waals surface area contributed by atoms with E-state index in [1.807, 2.05) is 0 Å². The minimum Gasteiger partial charge on any atom is -0.465 e. The van der Waals surface area contributed by atoms with Gasteiger partial charge in [-0.25, -0.2) is 14.2 Å². The maximum atomic E-state index is 13.6. The van der Waals surface area contributed by atoms with Crippen molar-refractivity contribution in [3.05, 3.63) is 45.2 Å². The van der Waals surface area contributed by atoms with Crippen molar-refractivity contribution < 1.29 is 13.9 Å². The van der Waals surface area contributed by atoms with Crippen molar-refractivity contribution in [2.45, 2.75) is 27.3 Å². The Morgan fingerprint density at radius 2 is 1.95 bits per heavy atom. The van der Waals surface area contributed by atoms with Crippen LogP contribution in [0.3, 0.4) is 0 Å². The van der Waals surface area contributed by atoms with Gasteiger partial charge in [0, 0.05) is 6.54 Å². The number of carbonyl (C=O) groups is 1. The number of anilines is 1. The summed E-state index contributed by atoms with van der Waals surface area (Å²) in [6, 6.07) is 3.61. The van der Waals surface area contributed by atoms with E-state index in [4.69, 9.17) is 4.74 Å². The molecule has 0 bridgehead atoms. The molecule has 2 aromatic rings. The molecular formula is C15H17FN2O2S. The highest BCUT2D eigenvalue weighted by Gasteiger charge is 2.15. The molecule has 0 amide bonds. The molecular weight excluding hydrogens is 291 g/mol. The fourth-order valence-electron chi connectivity index (χ4n) is 2.07. The van der Waals surface area contributed by atoms with Gasteiger partial charge in [0.25, 0.3) is 0 Å². The topological polar surface area (TPSA) is 51.2 Å². The molecule has 4 nitrogen and oxygen atoms in total. The van der Waals surface area contributed by atoms with E-state index >= 15 is 0 Å². The van der Waals surface area contributed by atoms with E-state index in [1.165, 1.54) is 18.4 Å². The lowest BCUT2D eigenvalue weighted by molar-refractivity contribution is 0.0605. The van der Waals surface area contributed by atoms with Gasteiger partial charge in [-0.05, 0) is 37.5 Å². The maximum absolute atomic E-state index is 13.6. The van der Waals surface area contributed by atoms with Gasteiger partial charge < -0.3 is 10.1 Å². The van der Waals surface area contributed by atoms with E-state index in [9.17, 15) is 9.18 Å². The van der Waals surface area contributed by atoms with Crippen molar-refractivity contribution in [2.24, 2.45) is 0 Å². The van der Waals surface area contributed by atoms with Crippen LogP contribution in [-0.4, -0.2) is 18.1 Å². The highest BCUT2D eigenvalue weighted by molar-refractivity contribution is 7.17. The number of esters is 1. The zero-order valence-electron chi connectivity index (χ0n) is 12.4. The summed E-state index contributed by atoms with van der Waals surface area (Å²) in [6.45, 7) is 5.78. The molecule has 0 atom stereocenters. The number of carbonyl (C=O) groups excluding carboxylic acids is 1. The van der Waals surface area contributed by atoms with Crippen LogP contribution in [0.15, 0.2) is 12.1 Å². The van der Waals surface area contributed by atoms with Gasteiger partial charge in [0.2, 0.25) is 0 Å². The summed E-state index contributed by atoms with van der Waals surface area (Å²) >= 11 is 1.25. The van der Waals surface area contributed by atoms with Crippen LogP contribution in [0.25, 0.3) is 0 Å². The molecule has 0 fully saturated rings. The number of thiazole rings is 1. The number of aryl methyl sites for hydroxylation is 3. The minimum atomic E-state index is -0.383. The highest BCUT2D eigenvalue weighted by atomic mass is 32.1. The number of hydrogen-bond donors (Lipinski definition) is 1. The van der Waals surface area contributed by atoms with Crippen LogP contribution in [0.4, 0.5) is 9.52 Å². The van der Waals surface area contributed by atoms with E-state index in [0.717, 1.165) is 5.56 Å². The standard InChI is InChI=1S/C15H17FN2O2S/c1-8-5-11(6-9(2)12(8)16)7-17-15-18-10(3)13(21-15)14(19)20-4/h5-6H,7H2,1-4H3,(H,17,18). The number of benzene rings is 1. The third-order valence-electron chi connectivity index (χ3n) is 3.11. The van der Waals surface area contributed by atoms with Crippen molar-refractivity contribution >= 4 is 22.4 Å². The van der Waals surface area contributed by atoms with Crippen LogP contribution in [0.5, 0.6) is 0 Å². The quantitative estimate of drug-likeness (QED) is 0.877. The zero-order valence-corrected chi connectivity index (χ0v) is 13.2. The number of rotatable bonds is 4. The van der Waals surface area contributed by atoms with E-state index in [1.54, 1.807) is 32.9 Å². The largest absolute Gasteiger partial charge is 0.465 e. The molecule has 6 heteroatoms. The predicted molar refractivity (Wildman–Crippen MR) is 81.4 cm³/mol. The molecule has 112 valence electrons. The predicted octanol–water partition coefficient (Wildman–Crippen LogP) is 3.61. The second-order valence-corrected chi connectivity index (χ2v) is 5.82. The lowest BCUT2D eigenvalue weighted by Gasteiger charge is -2.07. The number of halogens is 1. The van der Waals surface area contributed by atoms with Gasteiger partial charge in [0.05, 0.1) is 12.8 Å². The van der Waals surface area contributed by atoms with Gasteiger partial charge in [-0.15, -0.1) is 0 Å². The van der Waals surface area contributed by atoms with Crippen LogP contribution in [-0.2, 0) is 11.3 Å². The summed E-state index contributed by atoms with van der Waals surface area (Å²) < 4.78 is 18.3. The first-order valence-corrected chi connectivity index (χ1v) is 7.29. The molecule has 1 aromatic carbocycles. The highest BCUT2D eigenvalue weighted by Crippen LogP contribution is 2.24. The van der Waals surface area contributed by atoms with E-state index in [0.29, 0.717) is 33.4 Å². The number of methoxy groups -OCH3 is 1. The summed E-state index contributed by atoms with van der Waals surface area (Å²) in [4.78, 5) is 16.3. The maximum Gasteiger partial charge on any atom is 0.350 e. The van der Waals surface area contributed by atoms with Crippen molar-refractivity contribution in [1.29, 1.82) is 0 Å². The Hall–Kier alpha value is -1.95. The summed E-state index contributed by atoms with van der Waals surface area (Å²) in [5.41, 5.74) is 2.86. The van der Waals surface area contributed by atoms with Crippen molar-refractivity contribution in [3.8, 4) is 0 Å². The number of hydrogen-bond acceptors (Lipinski definition) is 5. The van der Waals surface area contributed by atoms with Crippen molar-refractivity contribution in [2.75, 3.05) is 12.4 Å². The molecule has 1 aromatic heterocycles. The second-order valence-electron chi connectivity index (χ2n) is 4.82. The molecule has 0 aliphatic carbocycles. The number of ether oxygens (including phenoxy) is 1. The van der Waals surface area contributed by atoms with Gasteiger partial charge >= 0.3 is 5.97 Å². The van der Waals surface area contributed by atoms with E-state index < -0.39 is 0 Å². The smallest absolute Gasteiger partial charge is 0.350 e. The van der Waals surface area contributed by atoms with E-state index in [2.05, 4.69) is 10.3 Å². The minimum absolute atomic E-state index is 0.170. The van der Waals surface area contributed by atoms with Gasteiger partial charge in [-0.1, -0.05) is 23.5 Å². The van der Waals surface area contributed by atoms with Crippen molar-refractivity contribution in [3.63, 3.8) is 0 Å². The number of nitrogens with zero attached hydrogens (tertiary/aromatic N) is 1. The van der Waals surface area contributed by atoms with Crippen LogP contribution in [0, 0.1) is 26.6 Å². The third-order valence-corrected chi connectivity index (χ3v) is 4.20. The summed E-state index contributed by atoms with van der Waals surface area (Å²) in [5.74, 6) is -0.552. The normalized spacial score (nSPS) is 10.5. The van der Waals surface area contributed by atoms with Gasteiger partial charge in [-0.3, -0.25) is 0 Å². The molecule has 0 aliphatic heterocycles. The molecule has 21 heavy (non-hydrogen) atoms. The fourth-order valence-corrected chi connectivity index (χ4v) is 2.95. The van der Waals surface area contributed by atoms with Crippen LogP contribution < -0.4 is 5.32 Å². The van der Waals surface area contributed by atoms with Gasteiger partial charge in [0.1, 0.15) is 10.7 Å². The molecule has 0 unspecified atom stereocenters. The van der Waals surface area contributed by atoms with Gasteiger partial charge in [-0.2, -0.15) is 0 Å². The van der Waals surface area contributed by atoms with Gasteiger partial charge in [0.15, 0.2) is 5.13 Å². The van der Waals surface area contributed by atoms with Crippen molar-refractivity contribution in [1.82, 2.24) is 4.98 Å². The summed E-state index contributed by atoms with van der Waals surface area (Å²) in [7, 11) is 1.35. The average Bonchev–Trinajstić information content (AvgIpc) is 2.82. The van der Waals surface area contributed by atoms with Crippen LogP contribution in [0.1, 0.15) is 32.1 Å². The SMILES string of the molecule is COC(=O)c1sc(NCc2cc(C)c(F)c(C)c2)nc1C. The Morgan fingerprint density at radius 3 is 2.52 bits per heavy atom. The number of nitrogens with one attached hydrogen (secondary N) is 1. The molecule has 0 spiro atoms. The molecule has 1 heterocycles. The molecule has 0 saturated carbocycles. The Bertz CT molecular complexity index is 659. The Morgan fingerprint density at radius 1 is 1.33 bits per heavy atom. The monoisotopic (exact) mass is 308 g/mol. The fraction of sp³-hybridized carbons (Fsp3) is 0.333. The first-order valence-electron chi connectivity index (χ1n) is 6.47. The van der Waals surface area contributed by atoms with Crippen LogP contribution >= 0.6 is 11.3 Å². The lowest BCUT2D eigenvalue weighted by Crippen LogP contribution is -2.01. The molecule has 0 saturated heterocycles. The molecule has 0 aliphatic rings. The lowest BCUT2D eigenvalue weighted by atomic mass is 10.1. The van der Waals surface area contributed by atoms with Crippen LogP contribution in [0.2, 0.25) is 0 Å². The molecule has 1 N–H and O–H groups in total. The Kier molecular flexibility index (Phi) is 4.57. The summed E-state index contributed by atoms with van der Waals surface area (Å²) in [5, 5.41) is 3.80. The average molecular weight is 308 g/mol. The van der Waals surface area contributed by atoms with E-state index in [-0.39, 0.29) is 11.8 Å². The molecule has 0 radical (unpaired) electrons.